The third-order valence-electron chi connectivity index (χ3n) is 5.53. The number of benzene rings is 1. The second-order valence-corrected chi connectivity index (χ2v) is 7.42. The van der Waals surface area contributed by atoms with Crippen molar-refractivity contribution >= 4 is 6.03 Å². The maximum Gasteiger partial charge on any atom is 0.317 e. The third-order valence-corrected chi connectivity index (χ3v) is 5.53. The number of amides is 2. The fourth-order valence-corrected chi connectivity index (χ4v) is 3.87. The summed E-state index contributed by atoms with van der Waals surface area (Å²) in [5, 5.41) is 13.4. The summed E-state index contributed by atoms with van der Waals surface area (Å²) in [6, 6.07) is 7.78. The predicted octanol–water partition coefficient (Wildman–Crippen LogP) is 2.76. The lowest BCUT2D eigenvalue weighted by Gasteiger charge is -2.34. The summed E-state index contributed by atoms with van der Waals surface area (Å²) in [5.74, 6) is 0.573. The highest BCUT2D eigenvalue weighted by atomic mass is 16.3. The van der Waals surface area contributed by atoms with Gasteiger partial charge in [-0.15, -0.1) is 0 Å². The Balaban J connectivity index is 1.43. The molecule has 5 nitrogen and oxygen atoms in total. The minimum atomic E-state index is -0.586. The number of aliphatic hydroxyl groups is 1. The number of likely N-dealkylation sites (tertiary alicyclic amines) is 1. The molecule has 2 aliphatic rings. The van der Waals surface area contributed by atoms with Gasteiger partial charge in [-0.1, -0.05) is 37.6 Å². The van der Waals surface area contributed by atoms with E-state index in [0.29, 0.717) is 19.0 Å². The molecule has 0 aromatic heterocycles. The highest BCUT2D eigenvalue weighted by Crippen LogP contribution is 2.26. The molecule has 2 heterocycles. The molecule has 0 spiro atoms. The third kappa shape index (κ3) is 4.73. The Morgan fingerprint density at radius 1 is 1.28 bits per heavy atom. The molecule has 1 fully saturated rings. The van der Waals surface area contributed by atoms with Crippen molar-refractivity contribution in [3.05, 3.63) is 35.4 Å². The second-order valence-electron chi connectivity index (χ2n) is 7.42. The van der Waals surface area contributed by atoms with Gasteiger partial charge >= 0.3 is 6.03 Å². The number of hydrogen-bond acceptors (Lipinski definition) is 3. The molecule has 0 unspecified atom stereocenters. The number of piperidine rings is 1. The lowest BCUT2D eigenvalue weighted by Crippen LogP contribution is -2.46. The summed E-state index contributed by atoms with van der Waals surface area (Å²) in [6.45, 7) is 7.44. The minimum Gasteiger partial charge on any atom is -0.387 e. The number of β-amino-alcohol motifs (C(OH)–C–C–N with tert-alkyl or cyclic N) is 1. The van der Waals surface area contributed by atoms with Crippen molar-refractivity contribution in [1.29, 1.82) is 0 Å². The number of unbranched alkanes of at least 4 members (excludes halogenated alkanes) is 1. The van der Waals surface area contributed by atoms with Gasteiger partial charge in [0, 0.05) is 13.1 Å². The minimum absolute atomic E-state index is 0.0537. The van der Waals surface area contributed by atoms with Gasteiger partial charge in [0.05, 0.1) is 12.6 Å². The number of nitrogens with one attached hydrogen (secondary N) is 1. The molecular weight excluding hydrogens is 314 g/mol. The van der Waals surface area contributed by atoms with Crippen LogP contribution in [0.15, 0.2) is 24.3 Å². The number of urea groups is 1. The molecule has 2 amide bonds. The van der Waals surface area contributed by atoms with E-state index >= 15 is 0 Å². The molecule has 0 radical (unpaired) electrons. The summed E-state index contributed by atoms with van der Waals surface area (Å²) in [6.07, 6.45) is 4.27. The largest absolute Gasteiger partial charge is 0.387 e. The molecular formula is C20H31N3O2. The van der Waals surface area contributed by atoms with Crippen molar-refractivity contribution in [3.8, 4) is 0 Å². The zero-order valence-electron chi connectivity index (χ0n) is 15.3. The van der Waals surface area contributed by atoms with Gasteiger partial charge in [-0.2, -0.15) is 0 Å². The number of hydrogen-bond donors (Lipinski definition) is 2. The summed E-state index contributed by atoms with van der Waals surface area (Å²) >= 11 is 0. The maximum absolute atomic E-state index is 12.5. The van der Waals surface area contributed by atoms with Crippen LogP contribution in [-0.4, -0.2) is 53.7 Å². The number of carbonyl (C=O) groups is 1. The van der Waals surface area contributed by atoms with E-state index in [1.54, 1.807) is 4.90 Å². The van der Waals surface area contributed by atoms with Crippen LogP contribution in [-0.2, 0) is 6.54 Å². The Kier molecular flexibility index (Phi) is 6.32. The van der Waals surface area contributed by atoms with E-state index < -0.39 is 6.10 Å². The Bertz CT molecular complexity index is 570. The number of carbonyl (C=O) groups excluding carboxylic acids is 1. The molecule has 0 aliphatic carbocycles. The number of fused-ring (bicyclic) bond motifs is 1. The van der Waals surface area contributed by atoms with Crippen LogP contribution in [0.1, 0.15) is 49.8 Å². The molecule has 2 aliphatic heterocycles. The number of nitrogens with zero attached hydrogens (tertiary/aromatic N) is 2. The Morgan fingerprint density at radius 2 is 2.04 bits per heavy atom. The van der Waals surface area contributed by atoms with Crippen LogP contribution < -0.4 is 5.32 Å². The van der Waals surface area contributed by atoms with Gasteiger partial charge in [-0.3, -0.25) is 0 Å². The molecule has 1 aromatic carbocycles. The SMILES string of the molecule is CCCCN1CCC(CNC(=O)N2Cc3ccccc3[C@@H](O)C2)CC1. The van der Waals surface area contributed by atoms with E-state index in [-0.39, 0.29) is 6.03 Å². The van der Waals surface area contributed by atoms with E-state index in [1.165, 1.54) is 19.4 Å². The topological polar surface area (TPSA) is 55.8 Å². The first kappa shape index (κ1) is 18.2. The number of rotatable bonds is 5. The predicted molar refractivity (Wildman–Crippen MR) is 99.3 cm³/mol. The first-order chi connectivity index (χ1) is 12.2. The average Bonchev–Trinajstić information content (AvgIpc) is 2.65. The van der Waals surface area contributed by atoms with Crippen LogP contribution in [0.3, 0.4) is 0 Å². The van der Waals surface area contributed by atoms with Gasteiger partial charge in [0.1, 0.15) is 0 Å². The lowest BCUT2D eigenvalue weighted by molar-refractivity contribution is 0.103. The lowest BCUT2D eigenvalue weighted by atomic mass is 9.96. The van der Waals surface area contributed by atoms with Crippen molar-refractivity contribution < 1.29 is 9.90 Å². The first-order valence-electron chi connectivity index (χ1n) is 9.68. The molecule has 0 saturated carbocycles. The summed E-state index contributed by atoms with van der Waals surface area (Å²) < 4.78 is 0. The molecule has 138 valence electrons. The quantitative estimate of drug-likeness (QED) is 0.863. The molecule has 5 heteroatoms. The van der Waals surface area contributed by atoms with Crippen LogP contribution in [0.2, 0.25) is 0 Å². The van der Waals surface area contributed by atoms with E-state index in [0.717, 1.165) is 43.6 Å². The van der Waals surface area contributed by atoms with Crippen molar-refractivity contribution in [2.75, 3.05) is 32.7 Å². The van der Waals surface area contributed by atoms with Crippen LogP contribution >= 0.6 is 0 Å². The zero-order chi connectivity index (χ0) is 17.6. The van der Waals surface area contributed by atoms with Crippen LogP contribution in [0.5, 0.6) is 0 Å². The summed E-state index contributed by atoms with van der Waals surface area (Å²) in [5.41, 5.74) is 1.99. The number of aliphatic hydroxyl groups excluding tert-OH is 1. The molecule has 1 saturated heterocycles. The Morgan fingerprint density at radius 3 is 2.80 bits per heavy atom. The van der Waals surface area contributed by atoms with Crippen LogP contribution in [0, 0.1) is 5.92 Å². The molecule has 1 aromatic rings. The van der Waals surface area contributed by atoms with E-state index in [9.17, 15) is 9.90 Å². The molecule has 2 N–H and O–H groups in total. The highest BCUT2D eigenvalue weighted by molar-refractivity contribution is 5.74. The van der Waals surface area contributed by atoms with Gasteiger partial charge in [0.25, 0.3) is 0 Å². The molecule has 0 bridgehead atoms. The van der Waals surface area contributed by atoms with Gasteiger partial charge in [-0.05, 0) is 55.9 Å². The van der Waals surface area contributed by atoms with E-state index in [4.69, 9.17) is 0 Å². The monoisotopic (exact) mass is 345 g/mol. The summed E-state index contributed by atoms with van der Waals surface area (Å²) in [4.78, 5) is 16.8. The summed E-state index contributed by atoms with van der Waals surface area (Å²) in [7, 11) is 0. The van der Waals surface area contributed by atoms with Crippen LogP contribution in [0.4, 0.5) is 4.79 Å². The van der Waals surface area contributed by atoms with Crippen molar-refractivity contribution in [2.45, 2.75) is 45.3 Å². The van der Waals surface area contributed by atoms with Crippen molar-refractivity contribution in [3.63, 3.8) is 0 Å². The maximum atomic E-state index is 12.5. The first-order valence-corrected chi connectivity index (χ1v) is 9.68. The van der Waals surface area contributed by atoms with Crippen molar-refractivity contribution in [2.24, 2.45) is 5.92 Å². The van der Waals surface area contributed by atoms with Gasteiger partial charge in [0.15, 0.2) is 0 Å². The highest BCUT2D eigenvalue weighted by Gasteiger charge is 2.27. The normalized spacial score (nSPS) is 21.8. The van der Waals surface area contributed by atoms with Crippen molar-refractivity contribution in [1.82, 2.24) is 15.1 Å². The zero-order valence-corrected chi connectivity index (χ0v) is 15.3. The standard InChI is InChI=1S/C20H31N3O2/c1-2-3-10-22-11-8-16(9-12-22)13-21-20(25)23-14-17-6-4-5-7-18(17)19(24)15-23/h4-7,16,19,24H,2-3,8-15H2,1H3,(H,21,25)/t19-/m0/s1. The molecule has 1 atom stereocenters. The fourth-order valence-electron chi connectivity index (χ4n) is 3.87. The smallest absolute Gasteiger partial charge is 0.317 e. The van der Waals surface area contributed by atoms with Crippen LogP contribution in [0.25, 0.3) is 0 Å². The van der Waals surface area contributed by atoms with Gasteiger partial charge in [-0.25, -0.2) is 4.79 Å². The Hall–Kier alpha value is -1.59. The fraction of sp³-hybridized carbons (Fsp3) is 0.650. The molecule has 3 rings (SSSR count). The average molecular weight is 345 g/mol. The van der Waals surface area contributed by atoms with E-state index in [1.807, 2.05) is 24.3 Å². The van der Waals surface area contributed by atoms with E-state index in [2.05, 4.69) is 17.1 Å². The Labute approximate surface area is 151 Å². The molecule has 25 heavy (non-hydrogen) atoms. The second kappa shape index (κ2) is 8.68. The van der Waals surface area contributed by atoms with Gasteiger partial charge in [0.2, 0.25) is 0 Å². The van der Waals surface area contributed by atoms with Gasteiger partial charge < -0.3 is 20.2 Å².